The van der Waals surface area contributed by atoms with Crippen LogP contribution in [0, 0.1) is 0 Å². The van der Waals surface area contributed by atoms with E-state index in [9.17, 15) is 4.79 Å². The lowest BCUT2D eigenvalue weighted by Crippen LogP contribution is -2.31. The van der Waals surface area contributed by atoms with Gasteiger partial charge in [0.15, 0.2) is 11.5 Å². The summed E-state index contributed by atoms with van der Waals surface area (Å²) in [6.07, 6.45) is 1.49. The maximum absolute atomic E-state index is 10.9. The second kappa shape index (κ2) is 4.49. The number of carbonyl (C=O) groups is 1. The largest absolute Gasteiger partial charge is 0.486 e. The van der Waals surface area contributed by atoms with E-state index in [0.717, 1.165) is 23.5 Å². The highest BCUT2D eigenvalue weighted by Gasteiger charge is 2.30. The van der Waals surface area contributed by atoms with Crippen molar-refractivity contribution in [3.8, 4) is 11.5 Å². The Balaban J connectivity index is 1.79. The van der Waals surface area contributed by atoms with E-state index in [1.54, 1.807) is 0 Å². The molecule has 1 saturated heterocycles. The lowest BCUT2D eigenvalue weighted by Gasteiger charge is -2.20. The molecule has 5 heteroatoms. The van der Waals surface area contributed by atoms with Crippen LogP contribution >= 0.6 is 0 Å². The molecule has 2 atom stereocenters. The molecule has 0 spiro atoms. The predicted octanol–water partition coefficient (Wildman–Crippen LogP) is 1.34. The minimum absolute atomic E-state index is 0.0851. The van der Waals surface area contributed by atoms with Gasteiger partial charge in [0.2, 0.25) is 0 Å². The van der Waals surface area contributed by atoms with Crippen molar-refractivity contribution in [3.05, 3.63) is 23.8 Å². The molecule has 3 rings (SSSR count). The van der Waals surface area contributed by atoms with Crippen LogP contribution in [0.25, 0.3) is 0 Å². The first-order valence-electron chi connectivity index (χ1n) is 6.12. The Labute approximate surface area is 105 Å². The summed E-state index contributed by atoms with van der Waals surface area (Å²) in [5.74, 6) is 0.729. The molecular formula is C13H15NO4. The first-order valence-corrected chi connectivity index (χ1v) is 6.12. The Morgan fingerprint density at radius 3 is 2.72 bits per heavy atom. The monoisotopic (exact) mass is 249 g/mol. The van der Waals surface area contributed by atoms with E-state index >= 15 is 0 Å². The minimum atomic E-state index is -0.782. The van der Waals surface area contributed by atoms with E-state index in [2.05, 4.69) is 5.32 Å². The number of aliphatic carboxylic acids is 1. The van der Waals surface area contributed by atoms with Crippen molar-refractivity contribution in [3.63, 3.8) is 0 Å². The third kappa shape index (κ3) is 2.01. The van der Waals surface area contributed by atoms with Crippen LogP contribution in [-0.4, -0.2) is 30.3 Å². The van der Waals surface area contributed by atoms with Gasteiger partial charge in [0.25, 0.3) is 0 Å². The van der Waals surface area contributed by atoms with Gasteiger partial charge in [-0.1, -0.05) is 6.07 Å². The van der Waals surface area contributed by atoms with Gasteiger partial charge >= 0.3 is 5.97 Å². The maximum Gasteiger partial charge on any atom is 0.320 e. The van der Waals surface area contributed by atoms with Gasteiger partial charge in [-0.2, -0.15) is 0 Å². The number of hydrogen-bond donors (Lipinski definition) is 2. The van der Waals surface area contributed by atoms with Crippen LogP contribution in [0.15, 0.2) is 18.2 Å². The summed E-state index contributed by atoms with van der Waals surface area (Å²) in [4.78, 5) is 10.9. The van der Waals surface area contributed by atoms with Crippen molar-refractivity contribution in [2.75, 3.05) is 13.2 Å². The molecule has 0 saturated carbocycles. The molecule has 0 radical (unpaired) electrons. The van der Waals surface area contributed by atoms with Crippen LogP contribution in [0.3, 0.4) is 0 Å². The van der Waals surface area contributed by atoms with E-state index in [-0.39, 0.29) is 6.04 Å². The van der Waals surface area contributed by atoms with Gasteiger partial charge < -0.3 is 14.6 Å². The Morgan fingerprint density at radius 1 is 1.22 bits per heavy atom. The van der Waals surface area contributed by atoms with E-state index < -0.39 is 12.0 Å². The molecule has 2 heterocycles. The average molecular weight is 249 g/mol. The van der Waals surface area contributed by atoms with Crippen LogP contribution in [0.4, 0.5) is 0 Å². The molecule has 0 bridgehead atoms. The second-order valence-corrected chi connectivity index (χ2v) is 4.59. The number of fused-ring (bicyclic) bond motifs is 1. The molecule has 0 aliphatic carbocycles. The second-order valence-electron chi connectivity index (χ2n) is 4.59. The maximum atomic E-state index is 10.9. The number of hydrogen-bond acceptors (Lipinski definition) is 4. The minimum Gasteiger partial charge on any atom is -0.486 e. The van der Waals surface area contributed by atoms with Crippen LogP contribution in [-0.2, 0) is 4.79 Å². The lowest BCUT2D eigenvalue weighted by molar-refractivity contribution is -0.139. The predicted molar refractivity (Wildman–Crippen MR) is 64.0 cm³/mol. The van der Waals surface area contributed by atoms with Gasteiger partial charge in [-0.3, -0.25) is 10.1 Å². The normalized spacial score (nSPS) is 26.0. The zero-order valence-corrected chi connectivity index (χ0v) is 9.89. The smallest absolute Gasteiger partial charge is 0.320 e. The molecule has 2 N–H and O–H groups in total. The molecule has 1 aromatic carbocycles. The molecule has 5 nitrogen and oxygen atoms in total. The Kier molecular flexibility index (Phi) is 2.83. The van der Waals surface area contributed by atoms with Crippen molar-refractivity contribution in [1.29, 1.82) is 0 Å². The summed E-state index contributed by atoms with van der Waals surface area (Å²) in [5.41, 5.74) is 1.06. The number of nitrogens with one attached hydrogen (secondary N) is 1. The van der Waals surface area contributed by atoms with Crippen LogP contribution in [0.2, 0.25) is 0 Å². The zero-order chi connectivity index (χ0) is 12.5. The molecule has 1 aromatic rings. The Bertz CT molecular complexity index is 474. The van der Waals surface area contributed by atoms with Gasteiger partial charge in [0.05, 0.1) is 0 Å². The van der Waals surface area contributed by atoms with Gasteiger partial charge in [-0.15, -0.1) is 0 Å². The highest BCUT2D eigenvalue weighted by Crippen LogP contribution is 2.35. The number of benzene rings is 1. The average Bonchev–Trinajstić information content (AvgIpc) is 2.88. The Morgan fingerprint density at radius 2 is 2.00 bits per heavy atom. The molecule has 2 aliphatic rings. The fraction of sp³-hybridized carbons (Fsp3) is 0.462. The van der Waals surface area contributed by atoms with Gasteiger partial charge in [-0.05, 0) is 30.5 Å². The van der Waals surface area contributed by atoms with Crippen molar-refractivity contribution >= 4 is 5.97 Å². The zero-order valence-electron chi connectivity index (χ0n) is 9.89. The third-order valence-corrected chi connectivity index (χ3v) is 3.41. The first-order chi connectivity index (χ1) is 8.74. The third-order valence-electron chi connectivity index (χ3n) is 3.41. The van der Waals surface area contributed by atoms with E-state index in [1.807, 2.05) is 18.2 Å². The van der Waals surface area contributed by atoms with Crippen molar-refractivity contribution in [2.24, 2.45) is 0 Å². The standard InChI is InChI=1S/C13H15NO4/c15-13(16)10-3-2-9(14-10)8-1-4-11-12(7-8)18-6-5-17-11/h1,4,7,9-10,14H,2-3,5-6H2,(H,15,16). The number of carboxylic acids is 1. The van der Waals surface area contributed by atoms with Crippen molar-refractivity contribution < 1.29 is 19.4 Å². The highest BCUT2D eigenvalue weighted by molar-refractivity contribution is 5.74. The van der Waals surface area contributed by atoms with Crippen molar-refractivity contribution in [2.45, 2.75) is 24.9 Å². The fourth-order valence-electron chi connectivity index (χ4n) is 2.48. The lowest BCUT2D eigenvalue weighted by atomic mass is 10.0. The van der Waals surface area contributed by atoms with E-state index in [4.69, 9.17) is 14.6 Å². The summed E-state index contributed by atoms with van der Waals surface area (Å²) in [6.45, 7) is 1.14. The van der Waals surface area contributed by atoms with Gasteiger partial charge in [0, 0.05) is 6.04 Å². The number of ether oxygens (including phenoxy) is 2. The number of carboxylic acid groups (broad SMARTS) is 1. The van der Waals surface area contributed by atoms with Gasteiger partial charge in [0.1, 0.15) is 19.3 Å². The summed E-state index contributed by atoms with van der Waals surface area (Å²) in [7, 11) is 0. The molecule has 2 unspecified atom stereocenters. The molecule has 0 aromatic heterocycles. The molecule has 18 heavy (non-hydrogen) atoms. The first kappa shape index (κ1) is 11.3. The molecule has 2 aliphatic heterocycles. The molecule has 1 fully saturated rings. The van der Waals surface area contributed by atoms with E-state index in [0.29, 0.717) is 19.6 Å². The Hall–Kier alpha value is -1.75. The summed E-state index contributed by atoms with van der Waals surface area (Å²) >= 11 is 0. The van der Waals surface area contributed by atoms with Crippen LogP contribution in [0.1, 0.15) is 24.4 Å². The van der Waals surface area contributed by atoms with Gasteiger partial charge in [-0.25, -0.2) is 0 Å². The topological polar surface area (TPSA) is 67.8 Å². The molecule has 96 valence electrons. The fourth-order valence-corrected chi connectivity index (χ4v) is 2.48. The summed E-state index contributed by atoms with van der Waals surface area (Å²) < 4.78 is 11.0. The molecule has 0 amide bonds. The van der Waals surface area contributed by atoms with E-state index in [1.165, 1.54) is 0 Å². The summed E-state index contributed by atoms with van der Waals surface area (Å²) in [6, 6.07) is 5.44. The van der Waals surface area contributed by atoms with Crippen LogP contribution in [0.5, 0.6) is 11.5 Å². The molecular weight excluding hydrogens is 234 g/mol. The SMILES string of the molecule is O=C(O)C1CCC(c2ccc3c(c2)OCCO3)N1. The number of rotatable bonds is 2. The van der Waals surface area contributed by atoms with Crippen molar-refractivity contribution in [1.82, 2.24) is 5.32 Å². The highest BCUT2D eigenvalue weighted by atomic mass is 16.6. The quantitative estimate of drug-likeness (QED) is 0.827. The van der Waals surface area contributed by atoms with Crippen LogP contribution < -0.4 is 14.8 Å². The summed E-state index contributed by atoms with van der Waals surface area (Å²) in [5, 5.41) is 12.1.